The molecular formula is C15H22N2O3. The highest BCUT2D eigenvalue weighted by molar-refractivity contribution is 5.85. The molecule has 0 heterocycles. The number of hydrogen-bond acceptors (Lipinski definition) is 2. The molecule has 0 saturated heterocycles. The van der Waals surface area contributed by atoms with Crippen LogP contribution in [0.4, 0.5) is 4.79 Å². The Kier molecular flexibility index (Phi) is 6.03. The molecule has 0 aliphatic heterocycles. The fraction of sp³-hybridized carbons (Fsp3) is 0.467. The van der Waals surface area contributed by atoms with Crippen molar-refractivity contribution in [3.63, 3.8) is 0 Å². The van der Waals surface area contributed by atoms with Crippen LogP contribution in [0.5, 0.6) is 0 Å². The van der Waals surface area contributed by atoms with Crippen molar-refractivity contribution in [1.29, 1.82) is 0 Å². The maximum atomic E-state index is 11.9. The first-order valence-electron chi connectivity index (χ1n) is 6.73. The van der Waals surface area contributed by atoms with Gasteiger partial charge in [0, 0.05) is 6.54 Å². The summed E-state index contributed by atoms with van der Waals surface area (Å²) in [5.41, 5.74) is 2.34. The monoisotopic (exact) mass is 278 g/mol. The number of amides is 2. The van der Waals surface area contributed by atoms with Crippen molar-refractivity contribution in [2.45, 2.75) is 33.2 Å². The van der Waals surface area contributed by atoms with E-state index >= 15 is 0 Å². The molecule has 1 atom stereocenters. The Labute approximate surface area is 119 Å². The van der Waals surface area contributed by atoms with Gasteiger partial charge in [0.25, 0.3) is 0 Å². The Morgan fingerprint density at radius 1 is 1.20 bits per heavy atom. The van der Waals surface area contributed by atoms with E-state index in [0.29, 0.717) is 6.54 Å². The number of hydrogen-bond donors (Lipinski definition) is 3. The van der Waals surface area contributed by atoms with Crippen molar-refractivity contribution in [3.8, 4) is 0 Å². The number of carbonyl (C=O) groups excluding carboxylic acids is 1. The molecule has 0 aliphatic rings. The van der Waals surface area contributed by atoms with Gasteiger partial charge in [-0.3, -0.25) is 4.79 Å². The van der Waals surface area contributed by atoms with Crippen LogP contribution in [0.2, 0.25) is 0 Å². The van der Waals surface area contributed by atoms with Gasteiger partial charge >= 0.3 is 6.09 Å². The molecule has 0 fully saturated rings. The Balaban J connectivity index is 2.44. The second-order valence-corrected chi connectivity index (χ2v) is 5.20. The van der Waals surface area contributed by atoms with E-state index in [0.717, 1.165) is 12.0 Å². The summed E-state index contributed by atoms with van der Waals surface area (Å²) in [7, 11) is 0. The number of aryl methyl sites for hydroxylation is 1. The molecule has 0 aliphatic carbocycles. The zero-order valence-corrected chi connectivity index (χ0v) is 12.1. The van der Waals surface area contributed by atoms with Crippen molar-refractivity contribution >= 4 is 12.0 Å². The van der Waals surface area contributed by atoms with Crippen LogP contribution >= 0.6 is 0 Å². The quantitative estimate of drug-likeness (QED) is 0.744. The highest BCUT2D eigenvalue weighted by Gasteiger charge is 2.23. The smallest absolute Gasteiger partial charge is 0.405 e. The van der Waals surface area contributed by atoms with Crippen LogP contribution in [0.1, 0.15) is 25.0 Å². The normalized spacial score (nSPS) is 12.0. The lowest BCUT2D eigenvalue weighted by atomic mass is 10.0. The molecule has 0 bridgehead atoms. The molecule has 110 valence electrons. The lowest BCUT2D eigenvalue weighted by Gasteiger charge is -2.20. The van der Waals surface area contributed by atoms with E-state index in [4.69, 9.17) is 5.11 Å². The molecule has 1 aromatic rings. The molecule has 3 N–H and O–H groups in total. The standard InChI is InChI=1S/C15H22N2O3/c1-10(2)13(17-15(19)20)14(18)16-9-8-12-6-4-11(3)5-7-12/h4-7,10,13,17H,8-9H2,1-3H3,(H,16,18)(H,19,20). The summed E-state index contributed by atoms with van der Waals surface area (Å²) >= 11 is 0. The van der Waals surface area contributed by atoms with E-state index in [2.05, 4.69) is 10.6 Å². The maximum Gasteiger partial charge on any atom is 0.405 e. The first kappa shape index (κ1) is 16.0. The zero-order chi connectivity index (χ0) is 15.1. The number of benzene rings is 1. The van der Waals surface area contributed by atoms with Gasteiger partial charge in [0.1, 0.15) is 6.04 Å². The van der Waals surface area contributed by atoms with Gasteiger partial charge in [-0.05, 0) is 24.8 Å². The molecule has 0 aromatic heterocycles. The first-order valence-corrected chi connectivity index (χ1v) is 6.73. The summed E-state index contributed by atoms with van der Waals surface area (Å²) < 4.78 is 0. The van der Waals surface area contributed by atoms with E-state index in [1.165, 1.54) is 5.56 Å². The number of nitrogens with one attached hydrogen (secondary N) is 2. The van der Waals surface area contributed by atoms with Crippen LogP contribution in [0.25, 0.3) is 0 Å². The summed E-state index contributed by atoms with van der Waals surface area (Å²) in [4.78, 5) is 22.6. The van der Waals surface area contributed by atoms with Gasteiger partial charge in [-0.25, -0.2) is 4.79 Å². The Hall–Kier alpha value is -2.04. The molecule has 0 saturated carbocycles. The third-order valence-electron chi connectivity index (χ3n) is 3.06. The number of rotatable bonds is 6. The predicted octanol–water partition coefficient (Wildman–Crippen LogP) is 1.95. The van der Waals surface area contributed by atoms with E-state index in [1.54, 1.807) is 13.8 Å². The van der Waals surface area contributed by atoms with Gasteiger partial charge in [0.2, 0.25) is 5.91 Å². The number of carboxylic acid groups (broad SMARTS) is 1. The van der Waals surface area contributed by atoms with Crippen LogP contribution in [0, 0.1) is 12.8 Å². The molecule has 5 heteroatoms. The first-order chi connectivity index (χ1) is 9.40. The summed E-state index contributed by atoms with van der Waals surface area (Å²) in [6.07, 6.45) is -0.457. The molecule has 1 aromatic carbocycles. The van der Waals surface area contributed by atoms with Gasteiger partial charge in [0.05, 0.1) is 0 Å². The van der Waals surface area contributed by atoms with Crippen molar-refractivity contribution in [1.82, 2.24) is 10.6 Å². The second-order valence-electron chi connectivity index (χ2n) is 5.20. The number of carbonyl (C=O) groups is 2. The topological polar surface area (TPSA) is 78.4 Å². The van der Waals surface area contributed by atoms with Crippen molar-refractivity contribution in [2.24, 2.45) is 5.92 Å². The van der Waals surface area contributed by atoms with Gasteiger partial charge in [-0.1, -0.05) is 43.7 Å². The molecule has 1 unspecified atom stereocenters. The zero-order valence-electron chi connectivity index (χ0n) is 12.1. The van der Waals surface area contributed by atoms with Crippen molar-refractivity contribution in [2.75, 3.05) is 6.54 Å². The highest BCUT2D eigenvalue weighted by atomic mass is 16.4. The Morgan fingerprint density at radius 3 is 2.30 bits per heavy atom. The van der Waals surface area contributed by atoms with Crippen molar-refractivity contribution < 1.29 is 14.7 Å². The molecule has 0 spiro atoms. The molecule has 1 rings (SSSR count). The van der Waals surface area contributed by atoms with Crippen molar-refractivity contribution in [3.05, 3.63) is 35.4 Å². The third kappa shape index (κ3) is 5.30. The fourth-order valence-electron chi connectivity index (χ4n) is 1.86. The average Bonchev–Trinajstić information content (AvgIpc) is 2.37. The summed E-state index contributed by atoms with van der Waals surface area (Å²) in [6.45, 7) is 6.13. The summed E-state index contributed by atoms with van der Waals surface area (Å²) in [5.74, 6) is -0.375. The minimum Gasteiger partial charge on any atom is -0.465 e. The molecule has 5 nitrogen and oxygen atoms in total. The lowest BCUT2D eigenvalue weighted by molar-refractivity contribution is -0.123. The maximum absolute atomic E-state index is 11.9. The van der Waals surface area contributed by atoms with E-state index in [9.17, 15) is 9.59 Å². The largest absolute Gasteiger partial charge is 0.465 e. The molecule has 0 radical (unpaired) electrons. The minimum atomic E-state index is -1.18. The third-order valence-corrected chi connectivity index (χ3v) is 3.06. The van der Waals surface area contributed by atoms with E-state index in [-0.39, 0.29) is 11.8 Å². The van der Waals surface area contributed by atoms with Gasteiger partial charge in [-0.15, -0.1) is 0 Å². The summed E-state index contributed by atoms with van der Waals surface area (Å²) in [5, 5.41) is 13.7. The molecular weight excluding hydrogens is 256 g/mol. The SMILES string of the molecule is Cc1ccc(CCNC(=O)C(NC(=O)O)C(C)C)cc1. The predicted molar refractivity (Wildman–Crippen MR) is 77.7 cm³/mol. The summed E-state index contributed by atoms with van der Waals surface area (Å²) in [6, 6.07) is 7.39. The van der Waals surface area contributed by atoms with Gasteiger partial charge in [0.15, 0.2) is 0 Å². The Bertz CT molecular complexity index is 455. The van der Waals surface area contributed by atoms with Gasteiger partial charge in [-0.2, -0.15) is 0 Å². The lowest BCUT2D eigenvalue weighted by Crippen LogP contribution is -2.49. The Morgan fingerprint density at radius 2 is 1.80 bits per heavy atom. The fourth-order valence-corrected chi connectivity index (χ4v) is 1.86. The van der Waals surface area contributed by atoms with Crippen LogP contribution in [0.15, 0.2) is 24.3 Å². The van der Waals surface area contributed by atoms with Crippen LogP contribution < -0.4 is 10.6 Å². The average molecular weight is 278 g/mol. The highest BCUT2D eigenvalue weighted by Crippen LogP contribution is 2.04. The van der Waals surface area contributed by atoms with E-state index in [1.807, 2.05) is 31.2 Å². The molecule has 2 amide bonds. The minimum absolute atomic E-state index is 0.0922. The molecule has 20 heavy (non-hydrogen) atoms. The van der Waals surface area contributed by atoms with Gasteiger partial charge < -0.3 is 15.7 Å². The van der Waals surface area contributed by atoms with E-state index < -0.39 is 12.1 Å². The van der Waals surface area contributed by atoms with Crippen LogP contribution in [-0.2, 0) is 11.2 Å². The van der Waals surface area contributed by atoms with Crippen LogP contribution in [0.3, 0.4) is 0 Å². The van der Waals surface area contributed by atoms with Crippen LogP contribution in [-0.4, -0.2) is 29.7 Å². The second kappa shape index (κ2) is 7.53.